The molecule has 1 aromatic rings. The first-order chi connectivity index (χ1) is 32.2. The minimum atomic E-state index is -2.15. The normalized spacial score (nSPS) is 13.7. The number of benzene rings is 1. The number of hydrogen-bond acceptors (Lipinski definition) is 15. The van der Waals surface area contributed by atoms with Gasteiger partial charge in [0, 0.05) is 19.3 Å². The lowest BCUT2D eigenvalue weighted by atomic mass is 10.0. The molecule has 380 valence electrons. The van der Waals surface area contributed by atoms with Crippen molar-refractivity contribution in [2.45, 2.75) is 108 Å². The van der Waals surface area contributed by atoms with E-state index in [0.717, 1.165) is 0 Å². The Hall–Kier alpha value is -8.24. The minimum Gasteiger partial charge on any atom is -0.481 e. The fraction of sp³-hybridized carbons (Fsp3) is 0.500. The molecule has 69 heavy (non-hydrogen) atoms. The van der Waals surface area contributed by atoms with E-state index in [0.29, 0.717) is 5.56 Å². The van der Waals surface area contributed by atoms with Gasteiger partial charge < -0.3 is 80.2 Å². The van der Waals surface area contributed by atoms with E-state index in [1.54, 1.807) is 30.3 Å². The Morgan fingerprint density at radius 1 is 0.493 bits per heavy atom. The summed E-state index contributed by atoms with van der Waals surface area (Å²) >= 11 is 0. The summed E-state index contributed by atoms with van der Waals surface area (Å²) in [6.45, 7) is 1.62. The van der Waals surface area contributed by atoms with Gasteiger partial charge in [-0.05, 0) is 24.3 Å². The van der Waals surface area contributed by atoms with Crippen LogP contribution in [0.1, 0.15) is 64.4 Å². The van der Waals surface area contributed by atoms with E-state index in [-0.39, 0.29) is 6.42 Å². The maximum atomic E-state index is 13.6. The van der Waals surface area contributed by atoms with Crippen molar-refractivity contribution in [1.82, 2.24) is 42.5 Å². The lowest BCUT2D eigenvalue weighted by Crippen LogP contribution is -2.61. The third-order valence-electron chi connectivity index (χ3n) is 9.44. The summed E-state index contributed by atoms with van der Waals surface area (Å²) in [5.41, 5.74) is 16.4. The van der Waals surface area contributed by atoms with Crippen molar-refractivity contribution in [3.8, 4) is 0 Å². The maximum absolute atomic E-state index is 13.6. The van der Waals surface area contributed by atoms with Crippen molar-refractivity contribution in [2.75, 3.05) is 13.1 Å². The van der Waals surface area contributed by atoms with Crippen LogP contribution < -0.4 is 59.7 Å². The van der Waals surface area contributed by atoms with Crippen LogP contribution in [-0.4, -0.2) is 159 Å². The molecule has 0 saturated carbocycles. The molecule has 1 rings (SSSR count). The largest absolute Gasteiger partial charge is 0.481 e. The van der Waals surface area contributed by atoms with Crippen LogP contribution in [0, 0.1) is 5.92 Å². The van der Waals surface area contributed by atoms with Crippen LogP contribution in [0.5, 0.6) is 0 Å². The minimum absolute atomic E-state index is 0.140. The topological polar surface area (TPSA) is 494 Å². The van der Waals surface area contributed by atoms with E-state index in [9.17, 15) is 87.5 Å². The van der Waals surface area contributed by atoms with Crippen molar-refractivity contribution in [1.29, 1.82) is 0 Å². The molecule has 0 aromatic heterocycles. The number of primary amides is 2. The molecule has 0 bridgehead atoms. The number of carboxylic acid groups (broad SMARTS) is 4. The fourth-order valence-corrected chi connectivity index (χ4v) is 5.98. The number of carbonyl (C=O) groups is 14. The highest BCUT2D eigenvalue weighted by atomic mass is 16.4. The molecule has 0 spiro atoms. The van der Waals surface area contributed by atoms with Crippen LogP contribution in [0.15, 0.2) is 30.3 Å². The highest BCUT2D eigenvalue weighted by Gasteiger charge is 2.36. The van der Waals surface area contributed by atoms with Gasteiger partial charge in [-0.2, -0.15) is 0 Å². The summed E-state index contributed by atoms with van der Waals surface area (Å²) in [6, 6.07) is -4.47. The molecule has 29 nitrogen and oxygen atoms in total. The Morgan fingerprint density at radius 3 is 1.32 bits per heavy atom. The van der Waals surface area contributed by atoms with Crippen LogP contribution in [0.2, 0.25) is 0 Å². The van der Waals surface area contributed by atoms with Gasteiger partial charge in [-0.25, -0.2) is 4.79 Å². The summed E-state index contributed by atoms with van der Waals surface area (Å²) in [7, 11) is 0. The van der Waals surface area contributed by atoms with Crippen molar-refractivity contribution in [3.63, 3.8) is 0 Å². The summed E-state index contributed by atoms with van der Waals surface area (Å²) in [5, 5.41) is 54.8. The second-order valence-electron chi connectivity index (χ2n) is 15.5. The van der Waals surface area contributed by atoms with Gasteiger partial charge in [-0.15, -0.1) is 0 Å². The number of hydrogen-bond donors (Lipinski definition) is 15. The number of carbonyl (C=O) groups excluding carboxylic acids is 10. The summed E-state index contributed by atoms with van der Waals surface area (Å²) in [6.07, 6.45) is -6.39. The number of nitrogens with two attached hydrogens (primary N) is 3. The quantitative estimate of drug-likeness (QED) is 0.0319. The second-order valence-corrected chi connectivity index (χ2v) is 15.5. The number of amides is 10. The van der Waals surface area contributed by atoms with E-state index >= 15 is 0 Å². The van der Waals surface area contributed by atoms with Crippen LogP contribution in [-0.2, 0) is 73.5 Å². The summed E-state index contributed by atoms with van der Waals surface area (Å²) in [5.74, 6) is -18.8. The van der Waals surface area contributed by atoms with E-state index in [1.165, 1.54) is 13.8 Å². The number of rotatable bonds is 32. The zero-order valence-electron chi connectivity index (χ0n) is 37.3. The van der Waals surface area contributed by atoms with E-state index < -0.39 is 189 Å². The molecule has 7 atom stereocenters. The van der Waals surface area contributed by atoms with E-state index in [4.69, 9.17) is 17.2 Å². The Morgan fingerprint density at radius 2 is 0.913 bits per heavy atom. The van der Waals surface area contributed by atoms with Gasteiger partial charge in [-0.3, -0.25) is 62.3 Å². The van der Waals surface area contributed by atoms with E-state index in [2.05, 4.69) is 31.9 Å². The highest BCUT2D eigenvalue weighted by molar-refractivity contribution is 6.00. The maximum Gasteiger partial charge on any atom is 0.326 e. The predicted octanol–water partition coefficient (Wildman–Crippen LogP) is -6.61. The molecular formula is C40H57N11O18. The molecule has 0 aliphatic carbocycles. The van der Waals surface area contributed by atoms with Gasteiger partial charge in [-0.1, -0.05) is 44.2 Å². The second kappa shape index (κ2) is 29.4. The number of aliphatic carboxylic acids is 4. The van der Waals surface area contributed by atoms with Crippen LogP contribution in [0.25, 0.3) is 0 Å². The molecule has 0 aliphatic rings. The molecular weight excluding hydrogens is 922 g/mol. The molecule has 0 saturated heterocycles. The molecule has 29 heteroatoms. The molecule has 0 aliphatic heterocycles. The number of carboxylic acids is 4. The standard InChI is InChI=1S/C40H57N11O18/c1-18(2)33(51-28(54)16-41)39(67)50-23(14-27(43)53)37(65)49-24(15-32(60)61)38(66)48-22(13-26(42)52)36(64)47-21(9-11-31(58)59)35(63)46-20(8-10-30(56)57)34(62)44-17-29(55)45-25(40(68)69)12-19-6-4-3-5-7-19/h3-7,18,20-25,33H,8-17,41H2,1-2H3,(H2,42,52)(H2,43,53)(H,44,62)(H,45,55)(H,46,63)(H,47,64)(H,48,66)(H,49,65)(H,50,67)(H,51,54)(H,56,57)(H,58,59)(H,60,61)(H,68,69)/t20-,21-,22-,23-,24-,25-,33-/m0/s1. The van der Waals surface area contributed by atoms with Crippen molar-refractivity contribution in [2.24, 2.45) is 23.1 Å². The molecule has 10 amide bonds. The van der Waals surface area contributed by atoms with Gasteiger partial charge in [0.25, 0.3) is 0 Å². The third kappa shape index (κ3) is 23.2. The summed E-state index contributed by atoms with van der Waals surface area (Å²) < 4.78 is 0. The average molecular weight is 980 g/mol. The van der Waals surface area contributed by atoms with Gasteiger partial charge >= 0.3 is 23.9 Å². The molecule has 0 heterocycles. The van der Waals surface area contributed by atoms with Crippen LogP contribution in [0.4, 0.5) is 0 Å². The SMILES string of the molecule is CC(C)[C@H](NC(=O)CN)C(=O)N[C@@H](CC(N)=O)C(=O)N[C@@H](CC(=O)O)C(=O)N[C@@H](CC(N)=O)C(=O)N[C@@H](CCC(=O)O)C(=O)N[C@@H](CCC(=O)O)C(=O)NCC(=O)N[C@@H](Cc1ccccc1)C(=O)O. The third-order valence-corrected chi connectivity index (χ3v) is 9.44. The molecule has 0 unspecified atom stereocenters. The zero-order chi connectivity index (χ0) is 52.5. The van der Waals surface area contributed by atoms with Crippen molar-refractivity contribution >= 4 is 82.9 Å². The number of nitrogens with one attached hydrogen (secondary N) is 8. The highest BCUT2D eigenvalue weighted by Crippen LogP contribution is 2.08. The Balaban J connectivity index is 3.36. The van der Waals surface area contributed by atoms with Crippen molar-refractivity contribution in [3.05, 3.63) is 35.9 Å². The first kappa shape index (κ1) is 58.8. The lowest BCUT2D eigenvalue weighted by molar-refractivity contribution is -0.142. The molecule has 0 radical (unpaired) electrons. The zero-order valence-corrected chi connectivity index (χ0v) is 37.3. The summed E-state index contributed by atoms with van der Waals surface area (Å²) in [4.78, 5) is 176. The van der Waals surface area contributed by atoms with E-state index in [1.807, 2.05) is 10.6 Å². The lowest BCUT2D eigenvalue weighted by Gasteiger charge is -2.27. The van der Waals surface area contributed by atoms with Crippen LogP contribution in [0.3, 0.4) is 0 Å². The monoisotopic (exact) mass is 979 g/mol. The fourth-order valence-electron chi connectivity index (χ4n) is 5.98. The van der Waals surface area contributed by atoms with Gasteiger partial charge in [0.15, 0.2) is 0 Å². The Kier molecular flexibility index (Phi) is 25.1. The average Bonchev–Trinajstić information content (AvgIpc) is 3.25. The Bertz CT molecular complexity index is 2090. The smallest absolute Gasteiger partial charge is 0.326 e. The van der Waals surface area contributed by atoms with Gasteiger partial charge in [0.1, 0.15) is 42.3 Å². The molecule has 1 aromatic carbocycles. The van der Waals surface area contributed by atoms with Gasteiger partial charge in [0.2, 0.25) is 59.1 Å². The predicted molar refractivity (Wildman–Crippen MR) is 232 cm³/mol. The first-order valence-corrected chi connectivity index (χ1v) is 20.8. The van der Waals surface area contributed by atoms with Gasteiger partial charge in [0.05, 0.1) is 32.4 Å². The first-order valence-electron chi connectivity index (χ1n) is 20.8. The van der Waals surface area contributed by atoms with Crippen LogP contribution >= 0.6 is 0 Å². The molecule has 0 fully saturated rings. The Labute approximate surface area is 392 Å². The van der Waals surface area contributed by atoms with Crippen molar-refractivity contribution < 1.29 is 87.5 Å². The molecule has 18 N–H and O–H groups in total.